The predicted octanol–water partition coefficient (Wildman–Crippen LogP) is 2.47. The van der Waals surface area contributed by atoms with Crippen molar-refractivity contribution in [2.75, 3.05) is 32.8 Å². The normalized spacial score (nSPS) is 25.8. The van der Waals surface area contributed by atoms with Gasteiger partial charge in [-0.2, -0.15) is 4.31 Å². The molecule has 2 saturated heterocycles. The Hall–Kier alpha value is -1.87. The van der Waals surface area contributed by atoms with E-state index in [0.29, 0.717) is 25.6 Å². The molecule has 0 saturated carbocycles. The summed E-state index contributed by atoms with van der Waals surface area (Å²) in [6.45, 7) is 2.54. The molecule has 2 heterocycles. The molecule has 1 N–H and O–H groups in total. The molecule has 8 heteroatoms. The zero-order valence-corrected chi connectivity index (χ0v) is 16.8. The van der Waals surface area contributed by atoms with Crippen LogP contribution in [0.25, 0.3) is 0 Å². The Kier molecular flexibility index (Phi) is 5.46. The highest BCUT2D eigenvalue weighted by Gasteiger charge is 2.50. The molecular formula is C21H24F2N2O3S. The summed E-state index contributed by atoms with van der Waals surface area (Å²) in [4.78, 5) is 1.87. The van der Waals surface area contributed by atoms with Crippen LogP contribution in [0.4, 0.5) is 8.78 Å². The quantitative estimate of drug-likeness (QED) is 0.804. The minimum absolute atomic E-state index is 0.00849. The Balaban J connectivity index is 1.53. The third-order valence-electron chi connectivity index (χ3n) is 6.20. The molecule has 0 radical (unpaired) electrons. The highest BCUT2D eigenvalue weighted by Crippen LogP contribution is 2.44. The summed E-state index contributed by atoms with van der Waals surface area (Å²) in [5.74, 6) is -1.88. The third kappa shape index (κ3) is 3.94. The van der Waals surface area contributed by atoms with E-state index in [4.69, 9.17) is 0 Å². The summed E-state index contributed by atoms with van der Waals surface area (Å²) in [6, 6.07) is 12.4. The Bertz CT molecular complexity index is 966. The Morgan fingerprint density at radius 3 is 2.41 bits per heavy atom. The monoisotopic (exact) mass is 422 g/mol. The van der Waals surface area contributed by atoms with Crippen molar-refractivity contribution < 1.29 is 22.3 Å². The SMILES string of the molecule is O=S(=O)(c1cc(F)cc(F)c1)N1CC[C@@]2(CO)CN(Cc3ccccc3)C[C@H]2C1. The van der Waals surface area contributed by atoms with Crippen LogP contribution in [0.15, 0.2) is 53.4 Å². The highest BCUT2D eigenvalue weighted by molar-refractivity contribution is 7.89. The summed E-state index contributed by atoms with van der Waals surface area (Å²) in [5.41, 5.74) is 0.813. The Morgan fingerprint density at radius 2 is 1.76 bits per heavy atom. The molecule has 2 aliphatic rings. The van der Waals surface area contributed by atoms with Gasteiger partial charge < -0.3 is 5.11 Å². The van der Waals surface area contributed by atoms with Crippen molar-refractivity contribution in [3.8, 4) is 0 Å². The van der Waals surface area contributed by atoms with E-state index in [-0.39, 0.29) is 35.9 Å². The fraction of sp³-hybridized carbons (Fsp3) is 0.429. The van der Waals surface area contributed by atoms with Crippen LogP contribution in [0.5, 0.6) is 0 Å². The van der Waals surface area contributed by atoms with Crippen LogP contribution in [0.2, 0.25) is 0 Å². The van der Waals surface area contributed by atoms with E-state index < -0.39 is 21.7 Å². The molecule has 0 unspecified atom stereocenters. The predicted molar refractivity (Wildman–Crippen MR) is 104 cm³/mol. The molecule has 2 atom stereocenters. The summed E-state index contributed by atoms with van der Waals surface area (Å²) < 4.78 is 54.3. The fourth-order valence-electron chi connectivity index (χ4n) is 4.63. The minimum Gasteiger partial charge on any atom is -0.396 e. The van der Waals surface area contributed by atoms with Crippen LogP contribution in [0, 0.1) is 23.0 Å². The second-order valence-electron chi connectivity index (χ2n) is 8.09. The number of likely N-dealkylation sites (tertiary alicyclic amines) is 1. The summed E-state index contributed by atoms with van der Waals surface area (Å²) in [6.07, 6.45) is 0.510. The van der Waals surface area contributed by atoms with Gasteiger partial charge in [0.15, 0.2) is 0 Å². The molecule has 0 amide bonds. The van der Waals surface area contributed by atoms with Gasteiger partial charge in [0, 0.05) is 44.2 Å². The first-order valence-corrected chi connectivity index (χ1v) is 11.1. The van der Waals surface area contributed by atoms with Crippen LogP contribution >= 0.6 is 0 Å². The number of aliphatic hydroxyl groups excluding tert-OH is 1. The van der Waals surface area contributed by atoms with E-state index in [1.54, 1.807) is 0 Å². The second-order valence-corrected chi connectivity index (χ2v) is 10.0. The summed E-state index contributed by atoms with van der Waals surface area (Å²) in [7, 11) is -4.00. The maximum Gasteiger partial charge on any atom is 0.243 e. The summed E-state index contributed by atoms with van der Waals surface area (Å²) in [5, 5.41) is 10.1. The third-order valence-corrected chi connectivity index (χ3v) is 8.05. The first kappa shape index (κ1) is 20.4. The molecule has 0 bridgehead atoms. The summed E-state index contributed by atoms with van der Waals surface area (Å²) >= 11 is 0. The zero-order chi connectivity index (χ0) is 20.6. The van der Waals surface area contributed by atoms with Gasteiger partial charge in [-0.3, -0.25) is 4.90 Å². The van der Waals surface area contributed by atoms with Gasteiger partial charge in [-0.15, -0.1) is 0 Å². The molecule has 5 nitrogen and oxygen atoms in total. The largest absolute Gasteiger partial charge is 0.396 e. The van der Waals surface area contributed by atoms with Crippen molar-refractivity contribution in [3.05, 3.63) is 65.7 Å². The van der Waals surface area contributed by atoms with Crippen LogP contribution in [-0.4, -0.2) is 55.5 Å². The number of piperidine rings is 1. The molecular weight excluding hydrogens is 398 g/mol. The molecule has 2 aromatic rings. The molecule has 156 valence electrons. The zero-order valence-electron chi connectivity index (χ0n) is 16.0. The number of hydrogen-bond donors (Lipinski definition) is 1. The van der Waals surface area contributed by atoms with Crippen molar-refractivity contribution in [2.24, 2.45) is 11.3 Å². The fourth-order valence-corrected chi connectivity index (χ4v) is 6.16. The number of halogens is 2. The lowest BCUT2D eigenvalue weighted by molar-refractivity contribution is 0.0436. The number of sulfonamides is 1. The number of fused-ring (bicyclic) bond motifs is 1. The maximum atomic E-state index is 13.6. The lowest BCUT2D eigenvalue weighted by Gasteiger charge is -2.41. The van der Waals surface area contributed by atoms with E-state index in [1.807, 2.05) is 30.3 Å². The first-order valence-electron chi connectivity index (χ1n) is 9.66. The van der Waals surface area contributed by atoms with Gasteiger partial charge >= 0.3 is 0 Å². The number of hydrogen-bond acceptors (Lipinski definition) is 4. The van der Waals surface area contributed by atoms with E-state index in [1.165, 1.54) is 9.87 Å². The van der Waals surface area contributed by atoms with Crippen molar-refractivity contribution in [1.82, 2.24) is 9.21 Å². The van der Waals surface area contributed by atoms with E-state index in [2.05, 4.69) is 4.90 Å². The number of aliphatic hydroxyl groups is 1. The second kappa shape index (κ2) is 7.75. The molecule has 0 aromatic heterocycles. The van der Waals surface area contributed by atoms with Crippen LogP contribution in [0.1, 0.15) is 12.0 Å². The van der Waals surface area contributed by atoms with Gasteiger partial charge in [0.1, 0.15) is 11.6 Å². The van der Waals surface area contributed by atoms with Gasteiger partial charge in [0.2, 0.25) is 10.0 Å². The molecule has 0 aliphatic carbocycles. The minimum atomic E-state index is -4.00. The van der Waals surface area contributed by atoms with E-state index >= 15 is 0 Å². The van der Waals surface area contributed by atoms with Gasteiger partial charge in [0.05, 0.1) is 11.5 Å². The molecule has 4 rings (SSSR count). The molecule has 2 fully saturated rings. The Morgan fingerprint density at radius 1 is 1.07 bits per heavy atom. The van der Waals surface area contributed by atoms with Gasteiger partial charge in [-0.25, -0.2) is 17.2 Å². The molecule has 2 aliphatic heterocycles. The van der Waals surface area contributed by atoms with Crippen LogP contribution in [-0.2, 0) is 16.6 Å². The van der Waals surface area contributed by atoms with Crippen LogP contribution < -0.4 is 0 Å². The lowest BCUT2D eigenvalue weighted by Crippen LogP contribution is -2.50. The van der Waals surface area contributed by atoms with Gasteiger partial charge in [-0.05, 0) is 30.0 Å². The number of nitrogens with zero attached hydrogens (tertiary/aromatic N) is 2. The smallest absolute Gasteiger partial charge is 0.243 e. The molecule has 29 heavy (non-hydrogen) atoms. The van der Waals surface area contributed by atoms with Crippen molar-refractivity contribution in [3.63, 3.8) is 0 Å². The van der Waals surface area contributed by atoms with E-state index in [9.17, 15) is 22.3 Å². The average molecular weight is 422 g/mol. The molecule has 0 spiro atoms. The van der Waals surface area contributed by atoms with Gasteiger partial charge in [0.25, 0.3) is 0 Å². The maximum absolute atomic E-state index is 13.6. The van der Waals surface area contributed by atoms with Crippen LogP contribution in [0.3, 0.4) is 0 Å². The molecule has 2 aromatic carbocycles. The van der Waals surface area contributed by atoms with E-state index in [0.717, 1.165) is 18.7 Å². The van der Waals surface area contributed by atoms with Crippen molar-refractivity contribution >= 4 is 10.0 Å². The first-order chi connectivity index (χ1) is 13.8. The highest BCUT2D eigenvalue weighted by atomic mass is 32.2. The average Bonchev–Trinajstić information content (AvgIpc) is 3.05. The van der Waals surface area contributed by atoms with Gasteiger partial charge in [-0.1, -0.05) is 30.3 Å². The lowest BCUT2D eigenvalue weighted by atomic mass is 9.74. The number of rotatable bonds is 5. The number of benzene rings is 2. The van der Waals surface area contributed by atoms with Crippen molar-refractivity contribution in [2.45, 2.75) is 17.9 Å². The topological polar surface area (TPSA) is 60.9 Å². The standard InChI is InChI=1S/C21H24F2N2O3S/c22-18-8-19(23)10-20(9-18)29(27,28)25-7-6-21(15-26)14-24(12-17(21)13-25)11-16-4-2-1-3-5-16/h1-5,8-10,17,26H,6-7,11-15H2/t17-,21-/m0/s1. The van der Waals surface area contributed by atoms with Crippen molar-refractivity contribution in [1.29, 1.82) is 0 Å². The Labute approximate surface area is 169 Å².